The van der Waals surface area contributed by atoms with Gasteiger partial charge >= 0.3 is 0 Å². The van der Waals surface area contributed by atoms with E-state index in [-0.39, 0.29) is 22.4 Å². The molecule has 3 heteroatoms. The summed E-state index contributed by atoms with van der Waals surface area (Å²) in [5.41, 5.74) is -0.609. The Balaban J connectivity index is 3.92. The molecule has 3 nitrogen and oxygen atoms in total. The fourth-order valence-electron chi connectivity index (χ4n) is 0.947. The Bertz CT molecular complexity index is 217. The van der Waals surface area contributed by atoms with Gasteiger partial charge in [-0.05, 0) is 0 Å². The van der Waals surface area contributed by atoms with Crippen molar-refractivity contribution in [2.75, 3.05) is 13.1 Å². The molecule has 0 atom stereocenters. The average molecular weight is 214 g/mol. The van der Waals surface area contributed by atoms with Gasteiger partial charge in [0.15, 0.2) is 11.6 Å². The second kappa shape index (κ2) is 4.88. The van der Waals surface area contributed by atoms with Gasteiger partial charge in [0.1, 0.15) is 13.1 Å². The summed E-state index contributed by atoms with van der Waals surface area (Å²) in [5, 5.41) is 1.79. The Morgan fingerprint density at radius 3 is 1.27 bits per heavy atom. The van der Waals surface area contributed by atoms with E-state index in [0.29, 0.717) is 13.1 Å². The molecule has 0 bridgehead atoms. The van der Waals surface area contributed by atoms with E-state index in [9.17, 15) is 9.59 Å². The van der Waals surface area contributed by atoms with Crippen molar-refractivity contribution >= 4 is 11.6 Å². The zero-order valence-corrected chi connectivity index (χ0v) is 10.8. The Labute approximate surface area is 92.6 Å². The molecule has 0 aromatic carbocycles. The van der Waals surface area contributed by atoms with Crippen molar-refractivity contribution in [2.45, 2.75) is 41.5 Å². The first-order valence-corrected chi connectivity index (χ1v) is 5.43. The molecule has 0 radical (unpaired) electrons. The van der Waals surface area contributed by atoms with Crippen molar-refractivity contribution in [3.8, 4) is 0 Å². The van der Waals surface area contributed by atoms with Crippen molar-refractivity contribution < 1.29 is 14.9 Å². The van der Waals surface area contributed by atoms with Gasteiger partial charge < -0.3 is 5.32 Å². The number of nitrogens with two attached hydrogens (primary N) is 1. The van der Waals surface area contributed by atoms with Gasteiger partial charge in [-0.15, -0.1) is 0 Å². The van der Waals surface area contributed by atoms with Crippen LogP contribution in [0.3, 0.4) is 0 Å². The molecule has 0 aliphatic carbocycles. The highest BCUT2D eigenvalue weighted by Crippen LogP contribution is 2.13. The number of rotatable bonds is 4. The molecule has 0 saturated heterocycles. The lowest BCUT2D eigenvalue weighted by atomic mass is 9.89. The quantitative estimate of drug-likeness (QED) is 0.752. The van der Waals surface area contributed by atoms with Gasteiger partial charge in [0, 0.05) is 10.8 Å². The molecule has 0 heterocycles. The maximum atomic E-state index is 11.6. The van der Waals surface area contributed by atoms with Crippen LogP contribution in [0.4, 0.5) is 0 Å². The van der Waals surface area contributed by atoms with Gasteiger partial charge in [-0.3, -0.25) is 9.59 Å². The van der Waals surface area contributed by atoms with Crippen molar-refractivity contribution in [1.82, 2.24) is 0 Å². The zero-order valence-electron chi connectivity index (χ0n) is 10.8. The molecule has 0 aromatic heterocycles. The SMILES string of the molecule is CC(C)(C)C(=O)C[NH2+]CC(=O)C(C)(C)C. The molecule has 0 spiro atoms. The van der Waals surface area contributed by atoms with Crippen LogP contribution in [0.15, 0.2) is 0 Å². The third-order valence-electron chi connectivity index (χ3n) is 2.33. The van der Waals surface area contributed by atoms with Gasteiger partial charge in [0.25, 0.3) is 0 Å². The fourth-order valence-corrected chi connectivity index (χ4v) is 0.947. The number of hydrogen-bond acceptors (Lipinski definition) is 2. The number of Topliss-reactive ketones (excluding diaryl/α,β-unsaturated/α-hetero) is 2. The summed E-state index contributed by atoms with van der Waals surface area (Å²) in [6, 6.07) is 0. The first-order valence-electron chi connectivity index (χ1n) is 5.43. The van der Waals surface area contributed by atoms with Crippen LogP contribution in [0.5, 0.6) is 0 Å². The highest BCUT2D eigenvalue weighted by Gasteiger charge is 2.25. The average Bonchev–Trinajstić information content (AvgIpc) is 2.00. The van der Waals surface area contributed by atoms with Gasteiger partial charge in [-0.2, -0.15) is 0 Å². The summed E-state index contributed by atoms with van der Waals surface area (Å²) >= 11 is 0. The van der Waals surface area contributed by atoms with Crippen LogP contribution in [0, 0.1) is 10.8 Å². The molecule has 15 heavy (non-hydrogen) atoms. The molecular weight excluding hydrogens is 190 g/mol. The zero-order chi connectivity index (χ0) is 12.3. The van der Waals surface area contributed by atoms with Crippen molar-refractivity contribution in [2.24, 2.45) is 10.8 Å². The molecule has 0 aliphatic heterocycles. The van der Waals surface area contributed by atoms with Crippen LogP contribution in [-0.2, 0) is 9.59 Å². The van der Waals surface area contributed by atoms with Gasteiger partial charge in [-0.1, -0.05) is 41.5 Å². The van der Waals surface area contributed by atoms with Crippen LogP contribution in [-0.4, -0.2) is 24.7 Å². The van der Waals surface area contributed by atoms with Crippen molar-refractivity contribution in [3.63, 3.8) is 0 Å². The standard InChI is InChI=1S/C12H23NO2/c1-11(2,3)9(14)7-13-8-10(15)12(4,5)6/h13H,7-8H2,1-6H3/p+1. The Morgan fingerprint density at radius 2 is 1.07 bits per heavy atom. The lowest BCUT2D eigenvalue weighted by Crippen LogP contribution is -2.88. The third-order valence-corrected chi connectivity index (χ3v) is 2.33. The van der Waals surface area contributed by atoms with Crippen LogP contribution in [0.25, 0.3) is 0 Å². The number of carbonyl (C=O) groups is 2. The van der Waals surface area contributed by atoms with Gasteiger partial charge in [-0.25, -0.2) is 0 Å². The number of ketones is 2. The fraction of sp³-hybridized carbons (Fsp3) is 0.833. The van der Waals surface area contributed by atoms with Crippen molar-refractivity contribution in [1.29, 1.82) is 0 Å². The number of hydrogen-bond donors (Lipinski definition) is 1. The maximum Gasteiger partial charge on any atom is 0.192 e. The van der Waals surface area contributed by atoms with E-state index in [0.717, 1.165) is 0 Å². The number of carbonyl (C=O) groups excluding carboxylic acids is 2. The molecule has 0 aliphatic rings. The summed E-state index contributed by atoms with van der Waals surface area (Å²) in [4.78, 5) is 23.1. The van der Waals surface area contributed by atoms with Crippen LogP contribution in [0.1, 0.15) is 41.5 Å². The molecule has 88 valence electrons. The molecule has 0 rings (SSSR count). The normalized spacial score (nSPS) is 12.7. The van der Waals surface area contributed by atoms with Gasteiger partial charge in [0.2, 0.25) is 0 Å². The third kappa shape index (κ3) is 5.67. The second-order valence-electron chi connectivity index (χ2n) is 6.04. The molecular formula is C12H24NO2+. The molecule has 0 saturated carbocycles. The summed E-state index contributed by atoms with van der Waals surface area (Å²) in [6.45, 7) is 12.2. The molecule has 0 amide bonds. The Kier molecular flexibility index (Phi) is 4.65. The molecule has 0 unspecified atom stereocenters. The minimum absolute atomic E-state index is 0.184. The lowest BCUT2D eigenvalue weighted by molar-refractivity contribution is -0.633. The first-order chi connectivity index (χ1) is 6.55. The predicted molar refractivity (Wildman–Crippen MR) is 60.6 cm³/mol. The van der Waals surface area contributed by atoms with Gasteiger partial charge in [0.05, 0.1) is 0 Å². The van der Waals surface area contributed by atoms with Crippen LogP contribution >= 0.6 is 0 Å². The van der Waals surface area contributed by atoms with Crippen LogP contribution < -0.4 is 5.32 Å². The monoisotopic (exact) mass is 214 g/mol. The summed E-state index contributed by atoms with van der Waals surface area (Å²) in [6.07, 6.45) is 0. The largest absolute Gasteiger partial charge is 0.334 e. The van der Waals surface area contributed by atoms with E-state index in [1.165, 1.54) is 0 Å². The summed E-state index contributed by atoms with van der Waals surface area (Å²) in [7, 11) is 0. The minimum Gasteiger partial charge on any atom is -0.334 e. The maximum absolute atomic E-state index is 11.6. The highest BCUT2D eigenvalue weighted by molar-refractivity contribution is 5.86. The van der Waals surface area contributed by atoms with E-state index in [4.69, 9.17) is 0 Å². The summed E-state index contributed by atoms with van der Waals surface area (Å²) < 4.78 is 0. The number of quaternary nitrogens is 1. The van der Waals surface area contributed by atoms with E-state index >= 15 is 0 Å². The Hall–Kier alpha value is -0.700. The van der Waals surface area contributed by atoms with E-state index in [1.807, 2.05) is 41.5 Å². The lowest BCUT2D eigenvalue weighted by Gasteiger charge is -2.17. The first kappa shape index (κ1) is 14.3. The molecule has 0 fully saturated rings. The predicted octanol–water partition coefficient (Wildman–Crippen LogP) is 0.780. The molecule has 2 N–H and O–H groups in total. The van der Waals surface area contributed by atoms with E-state index < -0.39 is 0 Å². The van der Waals surface area contributed by atoms with Crippen LogP contribution in [0.2, 0.25) is 0 Å². The summed E-state index contributed by atoms with van der Waals surface area (Å²) in [5.74, 6) is 0.369. The molecule has 0 aromatic rings. The Morgan fingerprint density at radius 1 is 0.800 bits per heavy atom. The van der Waals surface area contributed by atoms with E-state index in [1.54, 1.807) is 5.32 Å². The highest BCUT2D eigenvalue weighted by atomic mass is 16.1. The van der Waals surface area contributed by atoms with Crippen molar-refractivity contribution in [3.05, 3.63) is 0 Å². The topological polar surface area (TPSA) is 50.8 Å². The smallest absolute Gasteiger partial charge is 0.192 e. The van der Waals surface area contributed by atoms with E-state index in [2.05, 4.69) is 0 Å². The minimum atomic E-state index is -0.304. The second-order valence-corrected chi connectivity index (χ2v) is 6.04.